The standard InChI is InChI=1S/C22H26N4O3/c1-13-8-18(29-3)6-7-19(13)22(28)26-16-4-5-17(26)10-15(9-16)25-21(27)20-12-23-14(2)11-24-20/h6-8,11-12,15-17H,4-5,9-10H2,1-3H3,(H,25,27)/t15?,16-,17+. The number of benzene rings is 1. The smallest absolute Gasteiger partial charge is 0.271 e. The summed E-state index contributed by atoms with van der Waals surface area (Å²) in [7, 11) is 1.62. The zero-order valence-electron chi connectivity index (χ0n) is 17.0. The summed E-state index contributed by atoms with van der Waals surface area (Å²) in [5.74, 6) is 0.627. The van der Waals surface area contributed by atoms with Crippen LogP contribution in [0, 0.1) is 13.8 Å². The van der Waals surface area contributed by atoms with E-state index in [2.05, 4.69) is 15.3 Å². The highest BCUT2D eigenvalue weighted by Gasteiger charge is 2.44. The second-order valence-electron chi connectivity index (χ2n) is 7.96. The molecule has 4 rings (SSSR count). The molecule has 1 N–H and O–H groups in total. The Morgan fingerprint density at radius 2 is 1.83 bits per heavy atom. The molecule has 2 aromatic rings. The molecule has 2 bridgehead atoms. The highest BCUT2D eigenvalue weighted by molar-refractivity contribution is 5.96. The fraction of sp³-hybridized carbons (Fsp3) is 0.455. The first-order valence-electron chi connectivity index (χ1n) is 10.0. The molecule has 152 valence electrons. The lowest BCUT2D eigenvalue weighted by Gasteiger charge is -2.39. The van der Waals surface area contributed by atoms with Gasteiger partial charge in [0, 0.05) is 29.9 Å². The predicted octanol–water partition coefficient (Wildman–Crippen LogP) is 2.67. The maximum Gasteiger partial charge on any atom is 0.271 e. The molecule has 1 aromatic heterocycles. The minimum atomic E-state index is -0.201. The summed E-state index contributed by atoms with van der Waals surface area (Å²) in [4.78, 5) is 36.1. The number of piperidine rings is 1. The lowest BCUT2D eigenvalue weighted by Crippen LogP contribution is -2.52. The van der Waals surface area contributed by atoms with Gasteiger partial charge in [0.2, 0.25) is 0 Å². The number of carbonyl (C=O) groups excluding carboxylic acids is 2. The molecule has 3 atom stereocenters. The van der Waals surface area contributed by atoms with E-state index in [9.17, 15) is 9.59 Å². The van der Waals surface area contributed by atoms with Crippen molar-refractivity contribution in [1.82, 2.24) is 20.2 Å². The Labute approximate surface area is 170 Å². The van der Waals surface area contributed by atoms with Crippen LogP contribution in [0.2, 0.25) is 0 Å². The van der Waals surface area contributed by atoms with Crippen molar-refractivity contribution in [1.29, 1.82) is 0 Å². The molecule has 0 aliphatic carbocycles. The number of carbonyl (C=O) groups is 2. The van der Waals surface area contributed by atoms with Crippen LogP contribution >= 0.6 is 0 Å². The number of nitrogens with zero attached hydrogens (tertiary/aromatic N) is 3. The predicted molar refractivity (Wildman–Crippen MR) is 108 cm³/mol. The third-order valence-electron chi connectivity index (χ3n) is 5.98. The number of hydrogen-bond acceptors (Lipinski definition) is 5. The van der Waals surface area contributed by atoms with E-state index in [4.69, 9.17) is 4.74 Å². The summed E-state index contributed by atoms with van der Waals surface area (Å²) in [5, 5.41) is 3.09. The minimum absolute atomic E-state index is 0.0455. The van der Waals surface area contributed by atoms with Gasteiger partial charge < -0.3 is 15.0 Å². The van der Waals surface area contributed by atoms with E-state index in [0.29, 0.717) is 5.69 Å². The molecule has 2 aliphatic rings. The van der Waals surface area contributed by atoms with Gasteiger partial charge in [0.05, 0.1) is 19.0 Å². The van der Waals surface area contributed by atoms with Gasteiger partial charge in [-0.25, -0.2) is 4.98 Å². The number of hydrogen-bond donors (Lipinski definition) is 1. The Balaban J connectivity index is 1.44. The molecule has 1 aromatic carbocycles. The molecule has 2 amide bonds. The number of amides is 2. The van der Waals surface area contributed by atoms with Gasteiger partial charge in [-0.2, -0.15) is 0 Å². The van der Waals surface area contributed by atoms with Gasteiger partial charge in [0.15, 0.2) is 0 Å². The number of fused-ring (bicyclic) bond motifs is 2. The van der Waals surface area contributed by atoms with E-state index in [-0.39, 0.29) is 29.9 Å². The maximum atomic E-state index is 13.2. The average Bonchev–Trinajstić information content (AvgIpc) is 2.98. The van der Waals surface area contributed by atoms with Crippen LogP contribution in [0.15, 0.2) is 30.6 Å². The van der Waals surface area contributed by atoms with Crippen LogP contribution in [0.25, 0.3) is 0 Å². The summed E-state index contributed by atoms with van der Waals surface area (Å²) >= 11 is 0. The molecule has 2 aliphatic heterocycles. The van der Waals surface area contributed by atoms with Crippen LogP contribution in [0.5, 0.6) is 5.75 Å². The summed E-state index contributed by atoms with van der Waals surface area (Å²) in [6, 6.07) is 5.92. The zero-order valence-corrected chi connectivity index (χ0v) is 17.0. The van der Waals surface area contributed by atoms with Crippen molar-refractivity contribution in [3.63, 3.8) is 0 Å². The molecule has 0 saturated carbocycles. The number of ether oxygens (including phenoxy) is 1. The number of nitrogens with one attached hydrogen (secondary N) is 1. The van der Waals surface area contributed by atoms with Gasteiger partial charge in [0.1, 0.15) is 11.4 Å². The first kappa shape index (κ1) is 19.4. The van der Waals surface area contributed by atoms with E-state index in [0.717, 1.165) is 48.3 Å². The highest BCUT2D eigenvalue weighted by Crippen LogP contribution is 2.37. The Morgan fingerprint density at radius 3 is 2.41 bits per heavy atom. The van der Waals surface area contributed by atoms with Gasteiger partial charge in [0.25, 0.3) is 11.8 Å². The van der Waals surface area contributed by atoms with E-state index < -0.39 is 0 Å². The Bertz CT molecular complexity index is 914. The van der Waals surface area contributed by atoms with Gasteiger partial charge in [-0.05, 0) is 63.3 Å². The number of methoxy groups -OCH3 is 1. The van der Waals surface area contributed by atoms with Crippen LogP contribution in [-0.4, -0.2) is 51.9 Å². The number of aryl methyl sites for hydroxylation is 2. The second kappa shape index (κ2) is 7.81. The zero-order chi connectivity index (χ0) is 20.5. The monoisotopic (exact) mass is 394 g/mol. The summed E-state index contributed by atoms with van der Waals surface area (Å²) in [5.41, 5.74) is 2.75. The van der Waals surface area contributed by atoms with Crippen molar-refractivity contribution in [3.8, 4) is 5.75 Å². The van der Waals surface area contributed by atoms with E-state index in [1.54, 1.807) is 13.3 Å². The molecular formula is C22H26N4O3. The lowest BCUT2D eigenvalue weighted by molar-refractivity contribution is 0.0548. The van der Waals surface area contributed by atoms with Crippen LogP contribution in [0.3, 0.4) is 0 Å². The van der Waals surface area contributed by atoms with Crippen LogP contribution in [0.1, 0.15) is 57.8 Å². The summed E-state index contributed by atoms with van der Waals surface area (Å²) in [6.45, 7) is 3.77. The van der Waals surface area contributed by atoms with E-state index >= 15 is 0 Å². The minimum Gasteiger partial charge on any atom is -0.497 e. The summed E-state index contributed by atoms with van der Waals surface area (Å²) < 4.78 is 5.25. The van der Waals surface area contributed by atoms with Crippen molar-refractivity contribution in [2.24, 2.45) is 0 Å². The quantitative estimate of drug-likeness (QED) is 0.862. The van der Waals surface area contributed by atoms with Crippen LogP contribution < -0.4 is 10.1 Å². The lowest BCUT2D eigenvalue weighted by atomic mass is 9.95. The van der Waals surface area contributed by atoms with Crippen molar-refractivity contribution < 1.29 is 14.3 Å². The van der Waals surface area contributed by atoms with Gasteiger partial charge >= 0.3 is 0 Å². The largest absolute Gasteiger partial charge is 0.497 e. The number of rotatable bonds is 4. The molecule has 7 heteroatoms. The van der Waals surface area contributed by atoms with Crippen LogP contribution in [0.4, 0.5) is 0 Å². The van der Waals surface area contributed by atoms with Gasteiger partial charge in [-0.15, -0.1) is 0 Å². The average molecular weight is 394 g/mol. The fourth-order valence-corrected chi connectivity index (χ4v) is 4.54. The third kappa shape index (κ3) is 3.81. The molecule has 7 nitrogen and oxygen atoms in total. The first-order valence-corrected chi connectivity index (χ1v) is 10.0. The van der Waals surface area contributed by atoms with E-state index in [1.807, 2.05) is 36.9 Å². The van der Waals surface area contributed by atoms with Crippen LogP contribution in [-0.2, 0) is 0 Å². The SMILES string of the molecule is COc1ccc(C(=O)N2[C@@H]3CC[C@H]2CC(NC(=O)c2cnc(C)cn2)C3)c(C)c1. The molecule has 2 fully saturated rings. The van der Waals surface area contributed by atoms with Crippen molar-refractivity contribution >= 4 is 11.8 Å². The first-order chi connectivity index (χ1) is 14.0. The molecule has 3 heterocycles. The van der Waals surface area contributed by atoms with Gasteiger partial charge in [-0.3, -0.25) is 14.6 Å². The third-order valence-corrected chi connectivity index (χ3v) is 5.98. The molecule has 29 heavy (non-hydrogen) atoms. The fourth-order valence-electron chi connectivity index (χ4n) is 4.54. The topological polar surface area (TPSA) is 84.4 Å². The molecule has 0 radical (unpaired) electrons. The Morgan fingerprint density at radius 1 is 1.10 bits per heavy atom. The molecular weight excluding hydrogens is 368 g/mol. The number of aromatic nitrogens is 2. The second-order valence-corrected chi connectivity index (χ2v) is 7.96. The van der Waals surface area contributed by atoms with Crippen molar-refractivity contribution in [2.45, 2.75) is 57.7 Å². The maximum absolute atomic E-state index is 13.2. The Kier molecular flexibility index (Phi) is 5.22. The Hall–Kier alpha value is -2.96. The van der Waals surface area contributed by atoms with Crippen molar-refractivity contribution in [2.75, 3.05) is 7.11 Å². The normalized spacial score (nSPS) is 23.0. The van der Waals surface area contributed by atoms with E-state index in [1.165, 1.54) is 6.20 Å². The molecule has 1 unspecified atom stereocenters. The van der Waals surface area contributed by atoms with Crippen molar-refractivity contribution in [3.05, 3.63) is 53.1 Å². The summed E-state index contributed by atoms with van der Waals surface area (Å²) in [6.07, 6.45) is 6.58. The van der Waals surface area contributed by atoms with Gasteiger partial charge in [-0.1, -0.05) is 0 Å². The molecule has 0 spiro atoms. The highest BCUT2D eigenvalue weighted by atomic mass is 16.5. The molecule has 2 saturated heterocycles.